The van der Waals surface area contributed by atoms with Crippen molar-refractivity contribution in [3.63, 3.8) is 0 Å². The van der Waals surface area contributed by atoms with Crippen molar-refractivity contribution in [1.29, 1.82) is 0 Å². The summed E-state index contributed by atoms with van der Waals surface area (Å²) in [7, 11) is -0.818. The largest absolute Gasteiger partial charge is 2.00 e. The van der Waals surface area contributed by atoms with Crippen molar-refractivity contribution >= 4 is 72.5 Å². The van der Waals surface area contributed by atoms with Crippen LogP contribution in [0.15, 0.2) is 170 Å². The van der Waals surface area contributed by atoms with E-state index in [9.17, 15) is 0 Å². The third kappa shape index (κ3) is 8.76. The zero-order valence-electron chi connectivity index (χ0n) is 21.2. The molecule has 6 aromatic carbocycles. The maximum atomic E-state index is 2.23. The van der Waals surface area contributed by atoms with Crippen molar-refractivity contribution in [2.24, 2.45) is 0 Å². The summed E-state index contributed by atoms with van der Waals surface area (Å²) < 4.78 is 0. The number of hydrogen-bond donors (Lipinski definition) is 0. The maximum absolute atomic E-state index is 2.23. The van der Waals surface area contributed by atoms with E-state index in [2.05, 4.69) is 170 Å². The Morgan fingerprint density at radius 3 is 0.795 bits per heavy atom. The molecule has 0 saturated heterocycles. The van der Waals surface area contributed by atoms with Gasteiger partial charge in [-0.05, 0) is 37.1 Å². The molecule has 6 aromatic rings. The first-order valence-electron chi connectivity index (χ1n) is 12.1. The van der Waals surface area contributed by atoms with E-state index in [-0.39, 0.29) is 41.9 Å². The van der Waals surface area contributed by atoms with Gasteiger partial charge in [0.05, 0.1) is 0 Å². The zero-order chi connectivity index (χ0) is 24.4. The van der Waals surface area contributed by atoms with Gasteiger partial charge in [0.15, 0.2) is 0 Å². The molecule has 0 unspecified atom stereocenters. The molecule has 0 N–H and O–H groups in total. The molecule has 0 saturated carbocycles. The Kier molecular flexibility index (Phi) is 14.5. The van der Waals surface area contributed by atoms with Gasteiger partial charge in [-0.15, -0.1) is 35.4 Å². The van der Waals surface area contributed by atoms with Crippen LogP contribution in [0, 0.1) is 0 Å². The van der Waals surface area contributed by atoms with Crippen molar-refractivity contribution < 1.29 is 17.1 Å². The molecule has 0 fully saturated rings. The Balaban J connectivity index is 0.000000254. The summed E-state index contributed by atoms with van der Waals surface area (Å²) in [6.07, 6.45) is 0. The van der Waals surface area contributed by atoms with Crippen molar-refractivity contribution in [3.05, 3.63) is 170 Å². The average Bonchev–Trinajstić information content (AvgIpc) is 3.68. The molecule has 0 aliphatic carbocycles. The number of rotatable bonds is 6. The van der Waals surface area contributed by atoms with E-state index in [0.29, 0.717) is 0 Å². The first kappa shape index (κ1) is 32.7. The quantitative estimate of drug-likeness (QED) is 0.104. The fourth-order valence-electron chi connectivity index (χ4n) is 4.23. The van der Waals surface area contributed by atoms with Crippen LogP contribution in [0.1, 0.15) is 0 Å². The summed E-state index contributed by atoms with van der Waals surface area (Å²) in [5, 5.41) is 8.47. The van der Waals surface area contributed by atoms with E-state index in [4.69, 9.17) is 0 Å². The molecule has 39 heavy (non-hydrogen) atoms. The normalized spacial score (nSPS) is 9.90. The molecular weight excluding hydrogens is 597 g/mol. The van der Waals surface area contributed by atoms with Gasteiger partial charge in [0.25, 0.3) is 0 Å². The van der Waals surface area contributed by atoms with Crippen molar-refractivity contribution in [1.82, 2.24) is 0 Å². The molecule has 0 spiro atoms. The Labute approximate surface area is 258 Å². The summed E-state index contributed by atoms with van der Waals surface area (Å²) >= 11 is 0. The van der Waals surface area contributed by atoms with Crippen molar-refractivity contribution in [3.8, 4) is 0 Å². The predicted octanol–water partition coefficient (Wildman–Crippen LogP) is 7.17. The number of halogens is 2. The fourth-order valence-corrected chi connectivity index (χ4v) is 8.84. The summed E-state index contributed by atoms with van der Waals surface area (Å²) in [6, 6.07) is 60.5. The van der Waals surface area contributed by atoms with Crippen LogP contribution in [0.3, 0.4) is 0 Å². The second kappa shape index (κ2) is 17.3. The average molecular weight is 627 g/mol. The summed E-state index contributed by atoms with van der Waals surface area (Å²) in [5.41, 5.74) is 0. The van der Waals surface area contributed by atoms with E-state index >= 15 is 0 Å². The molecule has 0 aliphatic heterocycles. The minimum atomic E-state index is -0.409. The van der Waals surface area contributed by atoms with Gasteiger partial charge in [-0.2, -0.15) is 24.3 Å². The smallest absolute Gasteiger partial charge is 0.213 e. The number of hydrogen-bond acceptors (Lipinski definition) is 0. The van der Waals surface area contributed by atoms with Gasteiger partial charge in [-0.1, -0.05) is 121 Å². The molecule has 0 atom stereocenters. The van der Waals surface area contributed by atoms with Crippen LogP contribution in [-0.4, -0.2) is 0 Å². The standard InChI is InChI=1S/2C17H14P.2ClH.Fe/c2*1-3-9-15(10-4-1)18(17-13-7-8-14-17)16-11-5-2-6-12-16;;;/h2*1-14H;2*1H;/q2*-1;;;+2. The van der Waals surface area contributed by atoms with E-state index in [0.717, 1.165) is 0 Å². The SMILES string of the molecule is Cl.Cl.[Fe+2].c1ccc(P(c2ccccc2)c2ccc[cH-]2)cc1.c1ccc(P(c2ccccc2)c2ccc[cH-]2)cc1. The second-order valence-corrected chi connectivity index (χ2v) is 12.7. The molecule has 0 radical (unpaired) electrons. The Hall–Kier alpha value is -2.46. The van der Waals surface area contributed by atoms with E-state index < -0.39 is 15.8 Å². The zero-order valence-corrected chi connectivity index (χ0v) is 25.8. The Morgan fingerprint density at radius 1 is 0.333 bits per heavy atom. The van der Waals surface area contributed by atoms with Gasteiger partial charge in [0, 0.05) is 0 Å². The van der Waals surface area contributed by atoms with Gasteiger partial charge >= 0.3 is 17.1 Å². The van der Waals surface area contributed by atoms with Gasteiger partial charge in [-0.25, -0.2) is 24.3 Å². The van der Waals surface area contributed by atoms with E-state index in [1.807, 2.05) is 0 Å². The molecule has 0 heterocycles. The topological polar surface area (TPSA) is 0 Å². The molecule has 5 heteroatoms. The van der Waals surface area contributed by atoms with Crippen LogP contribution < -0.4 is 31.8 Å². The number of benzene rings is 4. The molecule has 198 valence electrons. The van der Waals surface area contributed by atoms with Gasteiger partial charge in [0.1, 0.15) is 0 Å². The second-order valence-electron chi connectivity index (χ2n) is 8.30. The third-order valence-corrected chi connectivity index (χ3v) is 10.8. The first-order valence-corrected chi connectivity index (χ1v) is 14.8. The van der Waals surface area contributed by atoms with Crippen molar-refractivity contribution in [2.75, 3.05) is 0 Å². The summed E-state index contributed by atoms with van der Waals surface area (Å²) in [5.74, 6) is 0. The molecule has 6 rings (SSSR count). The van der Waals surface area contributed by atoms with E-state index in [1.165, 1.54) is 31.8 Å². The summed E-state index contributed by atoms with van der Waals surface area (Å²) in [4.78, 5) is 0. The first-order chi connectivity index (χ1) is 17.9. The third-order valence-electron chi connectivity index (χ3n) is 5.86. The van der Waals surface area contributed by atoms with Crippen LogP contribution >= 0.6 is 40.7 Å². The van der Waals surface area contributed by atoms with Crippen molar-refractivity contribution in [2.45, 2.75) is 0 Å². The maximum Gasteiger partial charge on any atom is 2.00 e. The van der Waals surface area contributed by atoms with Gasteiger partial charge < -0.3 is 0 Å². The molecule has 0 nitrogen and oxygen atoms in total. The van der Waals surface area contributed by atoms with E-state index in [1.54, 1.807) is 0 Å². The van der Waals surface area contributed by atoms with Crippen LogP contribution in [0.5, 0.6) is 0 Å². The van der Waals surface area contributed by atoms with Crippen LogP contribution in [0.25, 0.3) is 0 Å². The predicted molar refractivity (Wildman–Crippen MR) is 176 cm³/mol. The minimum absolute atomic E-state index is 0. The summed E-state index contributed by atoms with van der Waals surface area (Å²) in [6.45, 7) is 0. The van der Waals surface area contributed by atoms with Crippen LogP contribution in [0.4, 0.5) is 0 Å². The van der Waals surface area contributed by atoms with Crippen LogP contribution in [0.2, 0.25) is 0 Å². The Bertz CT molecular complexity index is 1220. The molecular formula is C34H30Cl2FeP2. The van der Waals surface area contributed by atoms with Gasteiger partial charge in [0.2, 0.25) is 0 Å². The Morgan fingerprint density at radius 2 is 0.590 bits per heavy atom. The molecule has 0 aliphatic rings. The van der Waals surface area contributed by atoms with Crippen LogP contribution in [-0.2, 0) is 17.1 Å². The molecule has 0 bridgehead atoms. The molecule has 0 aromatic heterocycles. The minimum Gasteiger partial charge on any atom is -0.213 e. The fraction of sp³-hybridized carbons (Fsp3) is 0. The molecule has 0 amide bonds. The van der Waals surface area contributed by atoms with Gasteiger partial charge in [-0.3, -0.25) is 0 Å². The monoisotopic (exact) mass is 626 g/mol.